The van der Waals surface area contributed by atoms with Crippen molar-refractivity contribution in [2.75, 3.05) is 6.26 Å². The van der Waals surface area contributed by atoms with E-state index in [-0.39, 0.29) is 5.82 Å². The summed E-state index contributed by atoms with van der Waals surface area (Å²) in [5.41, 5.74) is 4.13. The van der Waals surface area contributed by atoms with Crippen LogP contribution in [-0.4, -0.2) is 19.7 Å². The van der Waals surface area contributed by atoms with E-state index in [1.165, 1.54) is 12.3 Å². The second-order valence-corrected chi connectivity index (χ2v) is 8.73. The molecule has 0 fully saturated rings. The molecule has 0 aliphatic carbocycles. The molecule has 0 unspecified atom stereocenters. The summed E-state index contributed by atoms with van der Waals surface area (Å²) < 4.78 is 37.1. The minimum atomic E-state index is -3.22. The standard InChI is InChI=1S/C21H18FNO2S/c1-13-19(20-12-17(22)6-8-21(20)23-13)10-14-3-4-16-11-18(26(2,24)25)7-5-15(16)9-14/h3-9,11-12,23H,10H2,1-2H3. The van der Waals surface area contributed by atoms with Crippen molar-refractivity contribution in [2.24, 2.45) is 0 Å². The number of aryl methyl sites for hydroxylation is 1. The SMILES string of the molecule is Cc1[nH]c2ccc(F)cc2c1Cc1ccc2cc(S(C)(=O)=O)ccc2c1. The number of benzene rings is 3. The third kappa shape index (κ3) is 2.99. The van der Waals surface area contributed by atoms with Gasteiger partial charge in [0.05, 0.1) is 4.90 Å². The van der Waals surface area contributed by atoms with E-state index < -0.39 is 9.84 Å². The van der Waals surface area contributed by atoms with E-state index in [0.29, 0.717) is 11.3 Å². The van der Waals surface area contributed by atoms with Gasteiger partial charge in [-0.2, -0.15) is 0 Å². The lowest BCUT2D eigenvalue weighted by atomic mass is 9.99. The van der Waals surface area contributed by atoms with Crippen LogP contribution in [-0.2, 0) is 16.3 Å². The Morgan fingerprint density at radius 1 is 0.962 bits per heavy atom. The van der Waals surface area contributed by atoms with E-state index in [9.17, 15) is 12.8 Å². The highest BCUT2D eigenvalue weighted by Crippen LogP contribution is 2.27. The molecule has 0 saturated heterocycles. The van der Waals surface area contributed by atoms with Gasteiger partial charge in [-0.05, 0) is 65.6 Å². The van der Waals surface area contributed by atoms with Gasteiger partial charge < -0.3 is 4.98 Å². The van der Waals surface area contributed by atoms with Crippen molar-refractivity contribution in [3.63, 3.8) is 0 Å². The highest BCUT2D eigenvalue weighted by Gasteiger charge is 2.11. The summed E-state index contributed by atoms with van der Waals surface area (Å²) in [7, 11) is -3.22. The molecule has 0 saturated carbocycles. The minimum absolute atomic E-state index is 0.246. The Hall–Kier alpha value is -2.66. The molecule has 0 radical (unpaired) electrons. The molecule has 0 amide bonds. The molecule has 132 valence electrons. The topological polar surface area (TPSA) is 49.9 Å². The maximum atomic E-state index is 13.6. The summed E-state index contributed by atoms with van der Waals surface area (Å²) in [6.45, 7) is 1.99. The largest absolute Gasteiger partial charge is 0.358 e. The molecule has 0 spiro atoms. The molecule has 0 aliphatic rings. The number of rotatable bonds is 3. The predicted molar refractivity (Wildman–Crippen MR) is 103 cm³/mol. The van der Waals surface area contributed by atoms with Gasteiger partial charge in [-0.25, -0.2) is 12.8 Å². The van der Waals surface area contributed by atoms with Crippen molar-refractivity contribution in [2.45, 2.75) is 18.2 Å². The van der Waals surface area contributed by atoms with Crippen LogP contribution >= 0.6 is 0 Å². The fraction of sp³-hybridized carbons (Fsp3) is 0.143. The normalized spacial score (nSPS) is 12.1. The Bertz CT molecular complexity index is 1260. The quantitative estimate of drug-likeness (QED) is 0.567. The van der Waals surface area contributed by atoms with Crippen LogP contribution in [0.2, 0.25) is 0 Å². The molecule has 1 heterocycles. The highest BCUT2D eigenvalue weighted by molar-refractivity contribution is 7.90. The first-order valence-corrected chi connectivity index (χ1v) is 10.2. The van der Waals surface area contributed by atoms with E-state index in [0.717, 1.165) is 38.5 Å². The molecule has 4 rings (SSSR count). The van der Waals surface area contributed by atoms with Gasteiger partial charge in [-0.3, -0.25) is 0 Å². The van der Waals surface area contributed by atoms with Gasteiger partial charge >= 0.3 is 0 Å². The van der Waals surface area contributed by atoms with E-state index >= 15 is 0 Å². The van der Waals surface area contributed by atoms with Crippen LogP contribution in [0.5, 0.6) is 0 Å². The van der Waals surface area contributed by atoms with Gasteiger partial charge in [0.25, 0.3) is 0 Å². The Morgan fingerprint density at radius 3 is 2.46 bits per heavy atom. The molecule has 0 aliphatic heterocycles. The van der Waals surface area contributed by atoms with Gasteiger partial charge in [-0.15, -0.1) is 0 Å². The van der Waals surface area contributed by atoms with Crippen LogP contribution in [0.1, 0.15) is 16.8 Å². The summed E-state index contributed by atoms with van der Waals surface area (Å²) in [4.78, 5) is 3.62. The van der Waals surface area contributed by atoms with Gasteiger partial charge in [0.2, 0.25) is 0 Å². The monoisotopic (exact) mass is 367 g/mol. The molecule has 4 aromatic rings. The van der Waals surface area contributed by atoms with Crippen LogP contribution in [0.4, 0.5) is 4.39 Å². The minimum Gasteiger partial charge on any atom is -0.358 e. The predicted octanol–water partition coefficient (Wildman–Crippen LogP) is 4.76. The number of sulfone groups is 1. The van der Waals surface area contributed by atoms with Crippen LogP contribution in [0.3, 0.4) is 0 Å². The molecular formula is C21H18FNO2S. The van der Waals surface area contributed by atoms with Crippen molar-refractivity contribution in [3.8, 4) is 0 Å². The van der Waals surface area contributed by atoms with E-state index in [1.807, 2.05) is 25.1 Å². The van der Waals surface area contributed by atoms with Crippen molar-refractivity contribution < 1.29 is 12.8 Å². The first kappa shape index (κ1) is 16.8. The molecular weight excluding hydrogens is 349 g/mol. The Labute approximate surface area is 151 Å². The number of hydrogen-bond donors (Lipinski definition) is 1. The lowest BCUT2D eigenvalue weighted by Crippen LogP contribution is -1.96. The lowest BCUT2D eigenvalue weighted by Gasteiger charge is -2.06. The molecule has 3 nitrogen and oxygen atoms in total. The number of H-pyrrole nitrogens is 1. The van der Waals surface area contributed by atoms with Crippen molar-refractivity contribution in [3.05, 3.63) is 77.2 Å². The second kappa shape index (κ2) is 5.95. The zero-order valence-corrected chi connectivity index (χ0v) is 15.3. The smallest absolute Gasteiger partial charge is 0.175 e. The maximum Gasteiger partial charge on any atom is 0.175 e. The Kier molecular flexibility index (Phi) is 3.84. The van der Waals surface area contributed by atoms with Crippen molar-refractivity contribution in [1.82, 2.24) is 4.98 Å². The molecule has 0 bridgehead atoms. The molecule has 1 N–H and O–H groups in total. The zero-order valence-electron chi connectivity index (χ0n) is 14.5. The van der Waals surface area contributed by atoms with E-state index in [2.05, 4.69) is 11.1 Å². The summed E-state index contributed by atoms with van der Waals surface area (Å²) in [5.74, 6) is -0.246. The van der Waals surface area contributed by atoms with Crippen LogP contribution < -0.4 is 0 Å². The lowest BCUT2D eigenvalue weighted by molar-refractivity contribution is 0.602. The van der Waals surface area contributed by atoms with Gasteiger partial charge in [0, 0.05) is 22.9 Å². The molecule has 3 aromatic carbocycles. The average molecular weight is 367 g/mol. The van der Waals surface area contributed by atoms with Gasteiger partial charge in [0.1, 0.15) is 5.82 Å². The molecule has 5 heteroatoms. The van der Waals surface area contributed by atoms with Gasteiger partial charge in [-0.1, -0.05) is 24.3 Å². The molecule has 1 aromatic heterocycles. The summed E-state index contributed by atoms with van der Waals surface area (Å²) >= 11 is 0. The first-order chi connectivity index (χ1) is 12.3. The first-order valence-electron chi connectivity index (χ1n) is 8.31. The number of hydrogen-bond acceptors (Lipinski definition) is 2. The number of aromatic nitrogens is 1. The van der Waals surface area contributed by atoms with E-state index in [1.54, 1.807) is 24.3 Å². The number of halogens is 1. The average Bonchev–Trinajstić information content (AvgIpc) is 2.89. The summed E-state index contributed by atoms with van der Waals surface area (Å²) in [6.07, 6.45) is 1.89. The zero-order chi connectivity index (χ0) is 18.5. The highest BCUT2D eigenvalue weighted by atomic mass is 32.2. The number of nitrogens with one attached hydrogen (secondary N) is 1. The molecule has 0 atom stereocenters. The summed E-state index contributed by atoms with van der Waals surface area (Å²) in [5, 5.41) is 2.77. The van der Waals surface area contributed by atoms with Crippen LogP contribution in [0.25, 0.3) is 21.7 Å². The van der Waals surface area contributed by atoms with Crippen molar-refractivity contribution in [1.29, 1.82) is 0 Å². The second-order valence-electron chi connectivity index (χ2n) is 6.71. The van der Waals surface area contributed by atoms with Crippen molar-refractivity contribution >= 4 is 31.5 Å². The third-order valence-corrected chi connectivity index (χ3v) is 5.88. The molecule has 26 heavy (non-hydrogen) atoms. The Balaban J connectivity index is 1.76. The summed E-state index contributed by atoms with van der Waals surface area (Å²) in [6, 6.07) is 15.9. The Morgan fingerprint density at radius 2 is 1.69 bits per heavy atom. The van der Waals surface area contributed by atoms with Gasteiger partial charge in [0.15, 0.2) is 9.84 Å². The number of fused-ring (bicyclic) bond motifs is 2. The fourth-order valence-corrected chi connectivity index (χ4v) is 4.06. The third-order valence-electron chi connectivity index (χ3n) is 4.77. The van der Waals surface area contributed by atoms with Crippen LogP contribution in [0.15, 0.2) is 59.5 Å². The van der Waals surface area contributed by atoms with E-state index in [4.69, 9.17) is 0 Å². The maximum absolute atomic E-state index is 13.6. The fourth-order valence-electron chi connectivity index (χ4n) is 3.40. The van der Waals surface area contributed by atoms with Crippen LogP contribution in [0, 0.1) is 12.7 Å². The number of aromatic amines is 1.